The SMILES string of the molecule is Cc1oc(C)c(C(N)c2ccccc2C(F)(F)F)c1C. The minimum atomic E-state index is -4.42. The van der Waals surface area contributed by atoms with Crippen LogP contribution in [0.1, 0.15) is 39.8 Å². The van der Waals surface area contributed by atoms with E-state index in [1.807, 2.05) is 0 Å². The van der Waals surface area contributed by atoms with E-state index in [1.54, 1.807) is 26.8 Å². The number of benzene rings is 1. The van der Waals surface area contributed by atoms with Crippen LogP contribution in [0.25, 0.3) is 0 Å². The Labute approximate surface area is 115 Å². The number of aryl methyl sites for hydroxylation is 2. The molecule has 0 aliphatic carbocycles. The van der Waals surface area contributed by atoms with Crippen LogP contribution in [0, 0.1) is 20.8 Å². The smallest absolute Gasteiger partial charge is 0.416 e. The Morgan fingerprint density at radius 2 is 1.65 bits per heavy atom. The van der Waals surface area contributed by atoms with Gasteiger partial charge in [-0.2, -0.15) is 13.2 Å². The van der Waals surface area contributed by atoms with E-state index < -0.39 is 17.8 Å². The fourth-order valence-electron chi connectivity index (χ4n) is 2.45. The van der Waals surface area contributed by atoms with Crippen LogP contribution in [0.5, 0.6) is 0 Å². The van der Waals surface area contributed by atoms with Gasteiger partial charge in [-0.15, -0.1) is 0 Å². The molecular weight excluding hydrogens is 267 g/mol. The second-order valence-electron chi connectivity index (χ2n) is 4.82. The molecule has 1 atom stereocenters. The molecule has 2 rings (SSSR count). The molecule has 20 heavy (non-hydrogen) atoms. The summed E-state index contributed by atoms with van der Waals surface area (Å²) in [6.07, 6.45) is -4.42. The van der Waals surface area contributed by atoms with Gasteiger partial charge in [0.15, 0.2) is 0 Å². The third kappa shape index (κ3) is 2.45. The van der Waals surface area contributed by atoms with Gasteiger partial charge >= 0.3 is 6.18 Å². The molecular formula is C15H16F3NO. The Hall–Kier alpha value is -1.75. The zero-order valence-corrected chi connectivity index (χ0v) is 11.5. The van der Waals surface area contributed by atoms with Gasteiger partial charge in [0.1, 0.15) is 11.5 Å². The molecule has 0 aliphatic heterocycles. The minimum Gasteiger partial charge on any atom is -0.466 e. The highest BCUT2D eigenvalue weighted by Gasteiger charge is 2.35. The lowest BCUT2D eigenvalue weighted by Crippen LogP contribution is -2.19. The van der Waals surface area contributed by atoms with Crippen molar-refractivity contribution in [3.8, 4) is 0 Å². The van der Waals surface area contributed by atoms with E-state index >= 15 is 0 Å². The maximum Gasteiger partial charge on any atom is 0.416 e. The van der Waals surface area contributed by atoms with Gasteiger partial charge in [-0.25, -0.2) is 0 Å². The molecule has 0 spiro atoms. The molecule has 0 aliphatic rings. The van der Waals surface area contributed by atoms with Crippen LogP contribution in [-0.2, 0) is 6.18 Å². The quantitative estimate of drug-likeness (QED) is 0.893. The van der Waals surface area contributed by atoms with Gasteiger partial charge in [-0.3, -0.25) is 0 Å². The van der Waals surface area contributed by atoms with Crippen molar-refractivity contribution in [3.05, 3.63) is 58.0 Å². The zero-order chi connectivity index (χ0) is 15.1. The topological polar surface area (TPSA) is 39.2 Å². The predicted molar refractivity (Wildman–Crippen MR) is 70.4 cm³/mol. The molecule has 1 heterocycles. The lowest BCUT2D eigenvalue weighted by Gasteiger charge is -2.18. The second-order valence-corrected chi connectivity index (χ2v) is 4.82. The summed E-state index contributed by atoms with van der Waals surface area (Å²) in [5.41, 5.74) is 6.85. The molecule has 0 saturated carbocycles. The van der Waals surface area contributed by atoms with Gasteiger partial charge < -0.3 is 10.2 Å². The van der Waals surface area contributed by atoms with E-state index in [-0.39, 0.29) is 5.56 Å². The van der Waals surface area contributed by atoms with Crippen molar-refractivity contribution in [3.63, 3.8) is 0 Å². The summed E-state index contributed by atoms with van der Waals surface area (Å²) in [6.45, 7) is 5.29. The maximum absolute atomic E-state index is 13.1. The molecule has 1 aromatic heterocycles. The van der Waals surface area contributed by atoms with Crippen LogP contribution >= 0.6 is 0 Å². The number of furan rings is 1. The molecule has 5 heteroatoms. The third-order valence-corrected chi connectivity index (χ3v) is 3.53. The van der Waals surface area contributed by atoms with Crippen molar-refractivity contribution in [1.82, 2.24) is 0 Å². The van der Waals surface area contributed by atoms with Gasteiger partial charge in [0.25, 0.3) is 0 Å². The van der Waals surface area contributed by atoms with Crippen LogP contribution < -0.4 is 5.73 Å². The number of hydrogen-bond donors (Lipinski definition) is 1. The van der Waals surface area contributed by atoms with Crippen molar-refractivity contribution in [2.24, 2.45) is 5.73 Å². The van der Waals surface area contributed by atoms with Crippen molar-refractivity contribution in [2.45, 2.75) is 33.0 Å². The highest BCUT2D eigenvalue weighted by atomic mass is 19.4. The monoisotopic (exact) mass is 283 g/mol. The van der Waals surface area contributed by atoms with Crippen LogP contribution in [0.2, 0.25) is 0 Å². The van der Waals surface area contributed by atoms with E-state index in [4.69, 9.17) is 10.2 Å². The first kappa shape index (κ1) is 14.7. The molecule has 2 aromatic rings. The average molecular weight is 283 g/mol. The predicted octanol–water partition coefficient (Wildman–Crippen LogP) is 4.27. The molecule has 1 unspecified atom stereocenters. The Bertz CT molecular complexity index is 629. The van der Waals surface area contributed by atoms with Gasteiger partial charge in [0.2, 0.25) is 0 Å². The first-order chi connectivity index (χ1) is 9.23. The molecule has 0 amide bonds. The second kappa shape index (κ2) is 4.98. The average Bonchev–Trinajstić information content (AvgIpc) is 2.61. The number of hydrogen-bond acceptors (Lipinski definition) is 2. The van der Waals surface area contributed by atoms with E-state index in [2.05, 4.69) is 0 Å². The fourth-order valence-corrected chi connectivity index (χ4v) is 2.45. The minimum absolute atomic E-state index is 0.0620. The van der Waals surface area contributed by atoms with E-state index in [0.717, 1.165) is 11.6 Å². The molecule has 2 N–H and O–H groups in total. The van der Waals surface area contributed by atoms with E-state index in [1.165, 1.54) is 12.1 Å². The van der Waals surface area contributed by atoms with Crippen LogP contribution in [0.3, 0.4) is 0 Å². The number of nitrogens with two attached hydrogens (primary N) is 1. The molecule has 0 radical (unpaired) electrons. The Morgan fingerprint density at radius 3 is 2.15 bits per heavy atom. The van der Waals surface area contributed by atoms with Crippen molar-refractivity contribution >= 4 is 0 Å². The van der Waals surface area contributed by atoms with Crippen LogP contribution in [0.15, 0.2) is 28.7 Å². The summed E-state index contributed by atoms with van der Waals surface area (Å²) in [7, 11) is 0. The lowest BCUT2D eigenvalue weighted by atomic mass is 9.92. The van der Waals surface area contributed by atoms with Crippen molar-refractivity contribution < 1.29 is 17.6 Å². The number of alkyl halides is 3. The van der Waals surface area contributed by atoms with Gasteiger partial charge in [-0.05, 0) is 38.0 Å². The third-order valence-electron chi connectivity index (χ3n) is 3.53. The van der Waals surface area contributed by atoms with Crippen LogP contribution in [-0.4, -0.2) is 0 Å². The Morgan fingerprint density at radius 1 is 1.05 bits per heavy atom. The molecule has 108 valence electrons. The summed E-state index contributed by atoms with van der Waals surface area (Å²) < 4.78 is 44.6. The van der Waals surface area contributed by atoms with Gasteiger partial charge in [-0.1, -0.05) is 18.2 Å². The zero-order valence-electron chi connectivity index (χ0n) is 11.5. The number of halogens is 3. The fraction of sp³-hybridized carbons (Fsp3) is 0.333. The molecule has 0 bridgehead atoms. The van der Waals surface area contributed by atoms with E-state index in [9.17, 15) is 13.2 Å². The largest absolute Gasteiger partial charge is 0.466 e. The van der Waals surface area contributed by atoms with Crippen molar-refractivity contribution in [2.75, 3.05) is 0 Å². The normalized spacial score (nSPS) is 13.6. The van der Waals surface area contributed by atoms with Crippen LogP contribution in [0.4, 0.5) is 13.2 Å². The highest BCUT2D eigenvalue weighted by Crippen LogP contribution is 2.37. The molecule has 2 nitrogen and oxygen atoms in total. The Balaban J connectivity index is 2.57. The highest BCUT2D eigenvalue weighted by molar-refractivity contribution is 5.43. The standard InChI is InChI=1S/C15H16F3NO/c1-8-9(2)20-10(3)13(8)14(19)11-6-4-5-7-12(11)15(16,17)18/h4-7,14H,19H2,1-3H3. The Kier molecular flexibility index (Phi) is 3.65. The summed E-state index contributed by atoms with van der Waals surface area (Å²) in [5, 5.41) is 0. The first-order valence-corrected chi connectivity index (χ1v) is 6.21. The van der Waals surface area contributed by atoms with Gasteiger partial charge in [0, 0.05) is 5.56 Å². The van der Waals surface area contributed by atoms with Gasteiger partial charge in [0.05, 0.1) is 11.6 Å². The summed E-state index contributed by atoms with van der Waals surface area (Å²) in [4.78, 5) is 0. The molecule has 0 saturated heterocycles. The summed E-state index contributed by atoms with van der Waals surface area (Å²) in [5.74, 6) is 1.24. The molecule has 1 aromatic carbocycles. The molecule has 0 fully saturated rings. The maximum atomic E-state index is 13.1. The first-order valence-electron chi connectivity index (χ1n) is 6.21. The lowest BCUT2D eigenvalue weighted by molar-refractivity contribution is -0.138. The van der Waals surface area contributed by atoms with E-state index in [0.29, 0.717) is 17.1 Å². The summed E-state index contributed by atoms with van der Waals surface area (Å²) >= 11 is 0. The number of rotatable bonds is 2. The van der Waals surface area contributed by atoms with Crippen molar-refractivity contribution in [1.29, 1.82) is 0 Å². The summed E-state index contributed by atoms with van der Waals surface area (Å²) in [6, 6.07) is 4.52.